The molecule has 2 amide bonds. The Bertz CT molecular complexity index is 991. The zero-order valence-corrected chi connectivity index (χ0v) is 18.4. The summed E-state index contributed by atoms with van der Waals surface area (Å²) in [5.41, 5.74) is 1.65. The van der Waals surface area contributed by atoms with E-state index >= 15 is 0 Å². The average Bonchev–Trinajstić information content (AvgIpc) is 3.23. The predicted octanol–water partition coefficient (Wildman–Crippen LogP) is 1.64. The van der Waals surface area contributed by atoms with Crippen LogP contribution in [0.2, 0.25) is 0 Å². The quantitative estimate of drug-likeness (QED) is 0.635. The fourth-order valence-electron chi connectivity index (χ4n) is 4.46. The Balaban J connectivity index is 1.28. The molecule has 1 N–H and O–H groups in total. The van der Waals surface area contributed by atoms with Gasteiger partial charge in [-0.25, -0.2) is 4.68 Å². The van der Waals surface area contributed by atoms with E-state index in [9.17, 15) is 14.4 Å². The predicted molar refractivity (Wildman–Crippen MR) is 122 cm³/mol. The molecule has 8 heteroatoms. The molecule has 3 heterocycles. The van der Waals surface area contributed by atoms with Gasteiger partial charge in [-0.15, -0.1) is 0 Å². The van der Waals surface area contributed by atoms with Crippen molar-refractivity contribution in [2.24, 2.45) is 5.92 Å². The normalized spacial score (nSPS) is 18.8. The molecule has 1 aromatic heterocycles. The molecule has 2 fully saturated rings. The van der Waals surface area contributed by atoms with Crippen molar-refractivity contribution in [1.29, 1.82) is 0 Å². The molecule has 1 atom stereocenters. The van der Waals surface area contributed by atoms with Crippen molar-refractivity contribution in [1.82, 2.24) is 20.0 Å². The average molecular weight is 438 g/mol. The van der Waals surface area contributed by atoms with Gasteiger partial charge < -0.3 is 15.1 Å². The molecule has 2 aliphatic rings. The van der Waals surface area contributed by atoms with E-state index in [0.29, 0.717) is 32.6 Å². The van der Waals surface area contributed by atoms with Crippen molar-refractivity contribution >= 4 is 17.5 Å². The minimum atomic E-state index is -0.144. The molecule has 1 aromatic carbocycles. The number of piperidine rings is 1. The van der Waals surface area contributed by atoms with Crippen LogP contribution < -0.4 is 15.8 Å². The number of nitrogens with one attached hydrogen (secondary N) is 1. The second-order valence-electron chi connectivity index (χ2n) is 8.61. The van der Waals surface area contributed by atoms with E-state index in [1.165, 1.54) is 4.68 Å². The molecule has 0 spiro atoms. The Morgan fingerprint density at radius 1 is 1.12 bits per heavy atom. The van der Waals surface area contributed by atoms with E-state index in [1.807, 2.05) is 35.2 Å². The smallest absolute Gasteiger partial charge is 0.269 e. The first-order valence-electron chi connectivity index (χ1n) is 11.5. The first-order chi connectivity index (χ1) is 15.6. The highest BCUT2D eigenvalue weighted by molar-refractivity contribution is 5.79. The lowest BCUT2D eigenvalue weighted by molar-refractivity contribution is -0.127. The van der Waals surface area contributed by atoms with Crippen LogP contribution in [0, 0.1) is 5.92 Å². The standard InChI is InChI=1S/C24H31N5O3/c30-22-10-5-12-27(22)14-6-11-25-24(32)20-9-4-13-28(18-20)21-15-23(31)29(26-16-21)17-19-7-2-1-3-8-19/h1-3,7-8,15-16,20H,4-6,9-14,17-18H2,(H,25,32)/t20-/m1/s1. The Labute approximate surface area is 188 Å². The number of carbonyl (C=O) groups is 2. The molecule has 0 unspecified atom stereocenters. The molecule has 2 aliphatic heterocycles. The fraction of sp³-hybridized carbons (Fsp3) is 0.500. The number of rotatable bonds is 8. The van der Waals surface area contributed by atoms with Crippen LogP contribution in [0.4, 0.5) is 5.69 Å². The van der Waals surface area contributed by atoms with Gasteiger partial charge >= 0.3 is 0 Å². The summed E-state index contributed by atoms with van der Waals surface area (Å²) in [6.07, 6.45) is 5.82. The van der Waals surface area contributed by atoms with Gasteiger partial charge in [-0.2, -0.15) is 5.10 Å². The van der Waals surface area contributed by atoms with Gasteiger partial charge in [0.1, 0.15) is 0 Å². The van der Waals surface area contributed by atoms with E-state index in [0.717, 1.165) is 50.0 Å². The lowest BCUT2D eigenvalue weighted by Crippen LogP contribution is -2.44. The molecule has 0 bridgehead atoms. The third kappa shape index (κ3) is 5.55. The molecule has 8 nitrogen and oxygen atoms in total. The zero-order chi connectivity index (χ0) is 22.3. The van der Waals surface area contributed by atoms with Gasteiger partial charge in [-0.3, -0.25) is 14.4 Å². The maximum atomic E-state index is 12.7. The molecular formula is C24H31N5O3. The summed E-state index contributed by atoms with van der Waals surface area (Å²) in [5, 5.41) is 7.38. The first kappa shape index (κ1) is 22.0. The molecule has 2 saturated heterocycles. The van der Waals surface area contributed by atoms with Gasteiger partial charge in [-0.05, 0) is 31.2 Å². The molecule has 32 heavy (non-hydrogen) atoms. The van der Waals surface area contributed by atoms with E-state index in [1.54, 1.807) is 12.3 Å². The molecule has 0 radical (unpaired) electrons. The van der Waals surface area contributed by atoms with Gasteiger partial charge in [0.05, 0.1) is 24.3 Å². The van der Waals surface area contributed by atoms with Crippen LogP contribution in [-0.4, -0.2) is 59.2 Å². The number of likely N-dealkylation sites (tertiary alicyclic amines) is 1. The second-order valence-corrected chi connectivity index (χ2v) is 8.61. The molecular weight excluding hydrogens is 406 g/mol. The third-order valence-corrected chi connectivity index (χ3v) is 6.26. The van der Waals surface area contributed by atoms with Crippen LogP contribution in [-0.2, 0) is 16.1 Å². The number of benzene rings is 1. The summed E-state index contributed by atoms with van der Waals surface area (Å²) in [6.45, 7) is 3.96. The highest BCUT2D eigenvalue weighted by atomic mass is 16.2. The number of hydrogen-bond donors (Lipinski definition) is 1. The number of hydrogen-bond acceptors (Lipinski definition) is 5. The van der Waals surface area contributed by atoms with Crippen molar-refractivity contribution in [3.8, 4) is 0 Å². The first-order valence-corrected chi connectivity index (χ1v) is 11.5. The van der Waals surface area contributed by atoms with Crippen molar-refractivity contribution < 1.29 is 9.59 Å². The van der Waals surface area contributed by atoms with Gasteiger partial charge in [0.15, 0.2) is 0 Å². The number of carbonyl (C=O) groups excluding carboxylic acids is 2. The van der Waals surface area contributed by atoms with Crippen LogP contribution >= 0.6 is 0 Å². The van der Waals surface area contributed by atoms with Crippen LogP contribution in [0.15, 0.2) is 47.4 Å². The van der Waals surface area contributed by atoms with E-state index < -0.39 is 0 Å². The number of anilines is 1. The summed E-state index contributed by atoms with van der Waals surface area (Å²) < 4.78 is 1.46. The molecule has 0 aliphatic carbocycles. The van der Waals surface area contributed by atoms with Gasteiger partial charge in [0, 0.05) is 45.2 Å². The lowest BCUT2D eigenvalue weighted by atomic mass is 9.97. The topological polar surface area (TPSA) is 87.5 Å². The van der Waals surface area contributed by atoms with E-state index in [-0.39, 0.29) is 23.3 Å². The Morgan fingerprint density at radius 3 is 2.72 bits per heavy atom. The van der Waals surface area contributed by atoms with Crippen molar-refractivity contribution in [3.05, 3.63) is 58.5 Å². The maximum Gasteiger partial charge on any atom is 0.269 e. The second kappa shape index (κ2) is 10.4. The van der Waals surface area contributed by atoms with Crippen molar-refractivity contribution in [2.45, 2.75) is 38.6 Å². The summed E-state index contributed by atoms with van der Waals surface area (Å²) in [4.78, 5) is 40.9. The third-order valence-electron chi connectivity index (χ3n) is 6.26. The summed E-state index contributed by atoms with van der Waals surface area (Å²) in [7, 11) is 0. The largest absolute Gasteiger partial charge is 0.369 e. The van der Waals surface area contributed by atoms with Crippen LogP contribution in [0.1, 0.15) is 37.7 Å². The van der Waals surface area contributed by atoms with Gasteiger partial charge in [0.25, 0.3) is 5.56 Å². The SMILES string of the molecule is O=C(NCCCN1CCCC1=O)[C@@H]1CCCN(c2cnn(Cc3ccccc3)c(=O)c2)C1. The van der Waals surface area contributed by atoms with Crippen LogP contribution in [0.25, 0.3) is 0 Å². The summed E-state index contributed by atoms with van der Waals surface area (Å²) >= 11 is 0. The van der Waals surface area contributed by atoms with E-state index in [2.05, 4.69) is 15.3 Å². The summed E-state index contributed by atoms with van der Waals surface area (Å²) in [5.74, 6) is 0.162. The highest BCUT2D eigenvalue weighted by Crippen LogP contribution is 2.22. The van der Waals surface area contributed by atoms with Crippen molar-refractivity contribution in [2.75, 3.05) is 37.6 Å². The molecule has 4 rings (SSSR count). The number of nitrogens with zero attached hydrogens (tertiary/aromatic N) is 4. The Hall–Kier alpha value is -3.16. The zero-order valence-electron chi connectivity index (χ0n) is 18.4. The van der Waals surface area contributed by atoms with E-state index in [4.69, 9.17) is 0 Å². The molecule has 170 valence electrons. The Morgan fingerprint density at radius 2 is 1.97 bits per heavy atom. The van der Waals surface area contributed by atoms with Crippen LogP contribution in [0.3, 0.4) is 0 Å². The number of aromatic nitrogens is 2. The molecule has 2 aromatic rings. The van der Waals surface area contributed by atoms with Crippen LogP contribution in [0.5, 0.6) is 0 Å². The monoisotopic (exact) mass is 437 g/mol. The van der Waals surface area contributed by atoms with Crippen molar-refractivity contribution in [3.63, 3.8) is 0 Å². The summed E-state index contributed by atoms with van der Waals surface area (Å²) in [6, 6.07) is 11.4. The highest BCUT2D eigenvalue weighted by Gasteiger charge is 2.26. The molecule has 0 saturated carbocycles. The minimum Gasteiger partial charge on any atom is -0.369 e. The Kier molecular flexibility index (Phi) is 7.19. The lowest BCUT2D eigenvalue weighted by Gasteiger charge is -2.33. The number of amides is 2. The van der Waals surface area contributed by atoms with Gasteiger partial charge in [-0.1, -0.05) is 30.3 Å². The van der Waals surface area contributed by atoms with Gasteiger partial charge in [0.2, 0.25) is 11.8 Å². The minimum absolute atomic E-state index is 0.0489. The fourth-order valence-corrected chi connectivity index (χ4v) is 4.46. The maximum absolute atomic E-state index is 12.7.